The molecule has 0 radical (unpaired) electrons. The summed E-state index contributed by atoms with van der Waals surface area (Å²) in [6.45, 7) is 5.53. The molecule has 1 aliphatic rings. The second kappa shape index (κ2) is 7.15. The number of nitrogens with one attached hydrogen (secondary N) is 1. The highest BCUT2D eigenvalue weighted by Crippen LogP contribution is 2.29. The van der Waals surface area contributed by atoms with E-state index >= 15 is 0 Å². The van der Waals surface area contributed by atoms with Crippen LogP contribution in [0.3, 0.4) is 0 Å². The number of nitrogens with zero attached hydrogens (tertiary/aromatic N) is 1. The Balaban J connectivity index is 1.92. The van der Waals surface area contributed by atoms with Gasteiger partial charge in [-0.15, -0.1) is 0 Å². The largest absolute Gasteiger partial charge is 0.324 e. The third-order valence-corrected chi connectivity index (χ3v) is 6.73. The molecule has 6 nitrogen and oxygen atoms in total. The van der Waals surface area contributed by atoms with E-state index in [4.69, 9.17) is 0 Å². The molecule has 27 heavy (non-hydrogen) atoms. The summed E-state index contributed by atoms with van der Waals surface area (Å²) in [6, 6.07) is 10.9. The number of carbonyl (C=O) groups excluding carboxylic acids is 2. The van der Waals surface area contributed by atoms with Gasteiger partial charge in [0, 0.05) is 12.1 Å². The first-order valence-corrected chi connectivity index (χ1v) is 10.2. The predicted octanol–water partition coefficient (Wildman–Crippen LogP) is 2.93. The Labute approximate surface area is 159 Å². The van der Waals surface area contributed by atoms with Gasteiger partial charge in [-0.2, -0.15) is 0 Å². The molecule has 0 unspecified atom stereocenters. The van der Waals surface area contributed by atoms with Crippen LogP contribution in [0, 0.1) is 20.8 Å². The second-order valence-electron chi connectivity index (χ2n) is 6.80. The molecule has 1 saturated heterocycles. The van der Waals surface area contributed by atoms with Gasteiger partial charge in [-0.05, 0) is 62.1 Å². The van der Waals surface area contributed by atoms with E-state index < -0.39 is 27.9 Å². The van der Waals surface area contributed by atoms with Crippen molar-refractivity contribution in [2.24, 2.45) is 0 Å². The molecule has 0 aromatic heterocycles. The van der Waals surface area contributed by atoms with Crippen LogP contribution in [-0.2, 0) is 19.6 Å². The van der Waals surface area contributed by atoms with Gasteiger partial charge in [0.05, 0.1) is 4.90 Å². The number of sulfonamides is 1. The minimum absolute atomic E-state index is 0.0227. The number of para-hydroxylation sites is 1. The standard InChI is InChI=1S/C20H22N2O4S/c1-13-8-9-16(12-15(13)3)27(25,26)22-18(10-11-19(22)23)20(24)21-17-7-5-4-6-14(17)2/h4-9,12,18H,10-11H2,1-3H3,(H,21,24)/t18-/m0/s1. The molecule has 3 rings (SSSR count). The summed E-state index contributed by atoms with van der Waals surface area (Å²) in [6.07, 6.45) is 0.191. The van der Waals surface area contributed by atoms with Gasteiger partial charge in [0.2, 0.25) is 11.8 Å². The zero-order valence-electron chi connectivity index (χ0n) is 15.5. The van der Waals surface area contributed by atoms with Gasteiger partial charge in [0.15, 0.2) is 0 Å². The van der Waals surface area contributed by atoms with Crippen molar-refractivity contribution >= 4 is 27.5 Å². The lowest BCUT2D eigenvalue weighted by Crippen LogP contribution is -2.45. The third-order valence-electron chi connectivity index (χ3n) is 4.90. The summed E-state index contributed by atoms with van der Waals surface area (Å²) in [5, 5.41) is 2.75. The average molecular weight is 386 g/mol. The molecule has 0 bridgehead atoms. The van der Waals surface area contributed by atoms with Crippen molar-refractivity contribution in [2.75, 3.05) is 5.32 Å². The number of benzene rings is 2. The van der Waals surface area contributed by atoms with Gasteiger partial charge in [-0.3, -0.25) is 9.59 Å². The van der Waals surface area contributed by atoms with Crippen LogP contribution in [-0.4, -0.2) is 30.6 Å². The molecule has 0 spiro atoms. The molecule has 0 aliphatic carbocycles. The first-order chi connectivity index (χ1) is 12.7. The summed E-state index contributed by atoms with van der Waals surface area (Å²) >= 11 is 0. The fourth-order valence-corrected chi connectivity index (χ4v) is 4.81. The fourth-order valence-electron chi connectivity index (χ4n) is 3.12. The summed E-state index contributed by atoms with van der Waals surface area (Å²) in [5.74, 6) is -1.05. The van der Waals surface area contributed by atoms with Crippen LogP contribution < -0.4 is 5.32 Å². The molecular formula is C20H22N2O4S. The maximum Gasteiger partial charge on any atom is 0.267 e. The number of rotatable bonds is 4. The SMILES string of the molecule is Cc1ccc(S(=O)(=O)N2C(=O)CC[C@H]2C(=O)Nc2ccccc2C)cc1C. The molecule has 2 aromatic rings. The minimum Gasteiger partial charge on any atom is -0.324 e. The van der Waals surface area contributed by atoms with Gasteiger partial charge in [-0.1, -0.05) is 24.3 Å². The Bertz CT molecular complexity index is 1010. The molecule has 1 aliphatic heterocycles. The topological polar surface area (TPSA) is 83.6 Å². The molecule has 2 aromatic carbocycles. The Morgan fingerprint density at radius 1 is 1.04 bits per heavy atom. The van der Waals surface area contributed by atoms with E-state index in [2.05, 4.69) is 5.32 Å². The highest BCUT2D eigenvalue weighted by Gasteiger charge is 2.44. The number of hydrogen-bond donors (Lipinski definition) is 1. The van der Waals surface area contributed by atoms with Crippen LogP contribution in [0.5, 0.6) is 0 Å². The normalized spacial score (nSPS) is 17.2. The second-order valence-corrected chi connectivity index (χ2v) is 8.61. The molecule has 2 amide bonds. The van der Waals surface area contributed by atoms with Crippen molar-refractivity contribution in [3.05, 3.63) is 59.2 Å². The van der Waals surface area contributed by atoms with Crippen molar-refractivity contribution in [2.45, 2.75) is 44.6 Å². The highest BCUT2D eigenvalue weighted by atomic mass is 32.2. The lowest BCUT2D eigenvalue weighted by molar-refractivity contribution is -0.128. The first-order valence-electron chi connectivity index (χ1n) is 8.73. The quantitative estimate of drug-likeness (QED) is 0.876. The zero-order valence-corrected chi connectivity index (χ0v) is 16.3. The van der Waals surface area contributed by atoms with Crippen molar-refractivity contribution in [1.29, 1.82) is 0 Å². The fraction of sp³-hybridized carbons (Fsp3) is 0.300. The predicted molar refractivity (Wildman–Crippen MR) is 103 cm³/mol. The number of hydrogen-bond acceptors (Lipinski definition) is 4. The molecule has 1 heterocycles. The van der Waals surface area contributed by atoms with Crippen LogP contribution in [0.2, 0.25) is 0 Å². The summed E-state index contributed by atoms with van der Waals surface area (Å²) < 4.78 is 26.9. The molecule has 0 saturated carbocycles. The first kappa shape index (κ1) is 19.1. The van der Waals surface area contributed by atoms with Crippen molar-refractivity contribution in [1.82, 2.24) is 4.31 Å². The summed E-state index contributed by atoms with van der Waals surface area (Å²) in [5.41, 5.74) is 3.23. The van der Waals surface area contributed by atoms with Crippen LogP contribution >= 0.6 is 0 Å². The Kier molecular flexibility index (Phi) is 5.06. The highest BCUT2D eigenvalue weighted by molar-refractivity contribution is 7.89. The van der Waals surface area contributed by atoms with Gasteiger partial charge in [-0.25, -0.2) is 12.7 Å². The number of aryl methyl sites for hydroxylation is 3. The van der Waals surface area contributed by atoms with Gasteiger partial charge >= 0.3 is 0 Å². The van der Waals surface area contributed by atoms with E-state index in [1.807, 2.05) is 32.9 Å². The molecule has 142 valence electrons. The monoisotopic (exact) mass is 386 g/mol. The van der Waals surface area contributed by atoms with Crippen LogP contribution in [0.15, 0.2) is 47.4 Å². The molecule has 1 N–H and O–H groups in total. The Morgan fingerprint density at radius 2 is 1.74 bits per heavy atom. The Morgan fingerprint density at radius 3 is 2.41 bits per heavy atom. The smallest absolute Gasteiger partial charge is 0.267 e. The van der Waals surface area contributed by atoms with Crippen molar-refractivity contribution in [3.8, 4) is 0 Å². The van der Waals surface area contributed by atoms with E-state index in [0.717, 1.165) is 21.0 Å². The number of anilines is 1. The number of amides is 2. The van der Waals surface area contributed by atoms with Gasteiger partial charge in [0.25, 0.3) is 10.0 Å². The van der Waals surface area contributed by atoms with Crippen LogP contribution in [0.25, 0.3) is 0 Å². The van der Waals surface area contributed by atoms with Gasteiger partial charge in [0.1, 0.15) is 6.04 Å². The molecular weight excluding hydrogens is 364 g/mol. The van der Waals surface area contributed by atoms with Crippen molar-refractivity contribution in [3.63, 3.8) is 0 Å². The molecule has 1 atom stereocenters. The average Bonchev–Trinajstić information content (AvgIpc) is 3.01. The zero-order chi connectivity index (χ0) is 19.8. The lowest BCUT2D eigenvalue weighted by Gasteiger charge is -2.24. The summed E-state index contributed by atoms with van der Waals surface area (Å²) in [4.78, 5) is 25.1. The molecule has 1 fully saturated rings. The van der Waals surface area contributed by atoms with Crippen molar-refractivity contribution < 1.29 is 18.0 Å². The van der Waals surface area contributed by atoms with E-state index in [9.17, 15) is 18.0 Å². The lowest BCUT2D eigenvalue weighted by atomic mass is 10.1. The van der Waals surface area contributed by atoms with Gasteiger partial charge < -0.3 is 5.32 Å². The maximum absolute atomic E-state index is 13.1. The van der Waals surface area contributed by atoms with E-state index in [1.54, 1.807) is 18.2 Å². The number of carbonyl (C=O) groups is 2. The van der Waals surface area contributed by atoms with E-state index in [1.165, 1.54) is 12.1 Å². The van der Waals surface area contributed by atoms with E-state index in [0.29, 0.717) is 5.69 Å². The Hall–Kier alpha value is -2.67. The third kappa shape index (κ3) is 3.60. The maximum atomic E-state index is 13.1. The van der Waals surface area contributed by atoms with Crippen LogP contribution in [0.4, 0.5) is 5.69 Å². The van der Waals surface area contributed by atoms with Crippen LogP contribution in [0.1, 0.15) is 29.5 Å². The van der Waals surface area contributed by atoms with E-state index in [-0.39, 0.29) is 17.7 Å². The summed E-state index contributed by atoms with van der Waals surface area (Å²) in [7, 11) is -4.10. The minimum atomic E-state index is -4.10. The molecule has 7 heteroatoms.